The van der Waals surface area contributed by atoms with Crippen molar-refractivity contribution < 1.29 is 4.79 Å². The van der Waals surface area contributed by atoms with Crippen LogP contribution in [0.4, 0.5) is 0 Å². The highest BCUT2D eigenvalue weighted by atomic mass is 35.5. The molecule has 0 spiro atoms. The minimum absolute atomic E-state index is 0.343. The van der Waals surface area contributed by atoms with E-state index in [1.807, 2.05) is 18.2 Å². The highest BCUT2D eigenvalue weighted by Gasteiger charge is 2.07. The zero-order valence-corrected chi connectivity index (χ0v) is 10.6. The molecule has 1 aromatic carbocycles. The number of benzene rings is 1. The Hall–Kier alpha value is -0.820. The van der Waals surface area contributed by atoms with Crippen molar-refractivity contribution in [2.45, 2.75) is 45.4 Å². The first kappa shape index (κ1) is 13.2. The molecule has 1 rings (SSSR count). The monoisotopic (exact) mass is 238 g/mol. The van der Waals surface area contributed by atoms with E-state index in [-0.39, 0.29) is 5.24 Å². The van der Waals surface area contributed by atoms with Crippen LogP contribution in [0.25, 0.3) is 0 Å². The summed E-state index contributed by atoms with van der Waals surface area (Å²) >= 11 is 5.53. The molecule has 88 valence electrons. The third kappa shape index (κ3) is 4.36. The maximum atomic E-state index is 11.2. The third-order valence-corrected chi connectivity index (χ3v) is 2.98. The van der Waals surface area contributed by atoms with Gasteiger partial charge >= 0.3 is 0 Å². The highest BCUT2D eigenvalue weighted by molar-refractivity contribution is 6.67. The zero-order chi connectivity index (χ0) is 11.8. The van der Waals surface area contributed by atoms with Crippen LogP contribution in [0.2, 0.25) is 0 Å². The number of carbonyl (C=O) groups excluding carboxylic acids is 1. The van der Waals surface area contributed by atoms with Gasteiger partial charge in [-0.25, -0.2) is 0 Å². The molecule has 2 heteroatoms. The zero-order valence-electron chi connectivity index (χ0n) is 9.84. The molecule has 0 atom stereocenters. The van der Waals surface area contributed by atoms with E-state index in [9.17, 15) is 4.79 Å². The van der Waals surface area contributed by atoms with E-state index in [1.165, 1.54) is 25.7 Å². The van der Waals surface area contributed by atoms with Crippen LogP contribution in [0.15, 0.2) is 24.3 Å². The first-order valence-corrected chi connectivity index (χ1v) is 6.41. The number of aryl methyl sites for hydroxylation is 1. The minimum Gasteiger partial charge on any atom is -0.276 e. The average molecular weight is 239 g/mol. The predicted molar refractivity (Wildman–Crippen MR) is 69.1 cm³/mol. The third-order valence-electron chi connectivity index (χ3n) is 2.78. The van der Waals surface area contributed by atoms with E-state index in [0.29, 0.717) is 5.56 Å². The van der Waals surface area contributed by atoms with Crippen LogP contribution in [0.1, 0.15) is 54.9 Å². The normalized spacial score (nSPS) is 10.4. The molecule has 0 aliphatic carbocycles. The van der Waals surface area contributed by atoms with Crippen LogP contribution in [-0.4, -0.2) is 5.24 Å². The molecule has 0 heterocycles. The molecule has 0 aromatic heterocycles. The quantitative estimate of drug-likeness (QED) is 0.502. The predicted octanol–water partition coefficient (Wildman–Crippen LogP) is 4.58. The fourth-order valence-corrected chi connectivity index (χ4v) is 2.03. The summed E-state index contributed by atoms with van der Waals surface area (Å²) in [5.74, 6) is 0. The molecule has 16 heavy (non-hydrogen) atoms. The Morgan fingerprint density at radius 1 is 1.12 bits per heavy atom. The standard InChI is InChI=1S/C14H19ClO/c1-2-3-4-5-6-9-12-10-7-8-11-13(12)14(15)16/h7-8,10-11H,2-6,9H2,1H3. The Bertz CT molecular complexity index is 333. The molecule has 0 aliphatic heterocycles. The average Bonchev–Trinajstić information content (AvgIpc) is 2.29. The molecule has 0 saturated heterocycles. The maximum absolute atomic E-state index is 11.2. The molecule has 0 saturated carbocycles. The lowest BCUT2D eigenvalue weighted by Gasteiger charge is -2.05. The fourth-order valence-electron chi connectivity index (χ4n) is 1.85. The van der Waals surface area contributed by atoms with E-state index in [2.05, 4.69) is 6.92 Å². The molecule has 0 N–H and O–H groups in total. The van der Waals surface area contributed by atoms with E-state index in [0.717, 1.165) is 18.4 Å². The molecule has 0 amide bonds. The van der Waals surface area contributed by atoms with Gasteiger partial charge in [0.1, 0.15) is 0 Å². The van der Waals surface area contributed by atoms with Gasteiger partial charge in [0, 0.05) is 5.56 Å². The molecule has 0 aliphatic rings. The lowest BCUT2D eigenvalue weighted by Crippen LogP contribution is -1.97. The van der Waals surface area contributed by atoms with Crippen molar-refractivity contribution in [3.63, 3.8) is 0 Å². The van der Waals surface area contributed by atoms with Gasteiger partial charge in [0.25, 0.3) is 5.24 Å². The van der Waals surface area contributed by atoms with Crippen molar-refractivity contribution in [2.24, 2.45) is 0 Å². The van der Waals surface area contributed by atoms with Gasteiger partial charge in [-0.3, -0.25) is 4.79 Å². The fraction of sp³-hybridized carbons (Fsp3) is 0.500. The van der Waals surface area contributed by atoms with Crippen molar-refractivity contribution in [1.29, 1.82) is 0 Å². The summed E-state index contributed by atoms with van der Waals surface area (Å²) in [6.45, 7) is 2.21. The summed E-state index contributed by atoms with van der Waals surface area (Å²) in [6, 6.07) is 7.62. The van der Waals surface area contributed by atoms with Crippen molar-refractivity contribution >= 4 is 16.8 Å². The summed E-state index contributed by atoms with van der Waals surface area (Å²) < 4.78 is 0. The molecule has 0 bridgehead atoms. The van der Waals surface area contributed by atoms with Crippen LogP contribution in [-0.2, 0) is 6.42 Å². The van der Waals surface area contributed by atoms with E-state index < -0.39 is 0 Å². The first-order chi connectivity index (χ1) is 7.75. The van der Waals surface area contributed by atoms with E-state index in [4.69, 9.17) is 11.6 Å². The molecule has 1 nitrogen and oxygen atoms in total. The summed E-state index contributed by atoms with van der Waals surface area (Å²) in [5, 5.41) is -0.343. The molecule has 0 unspecified atom stereocenters. The summed E-state index contributed by atoms with van der Waals surface area (Å²) in [6.07, 6.45) is 7.18. The van der Waals surface area contributed by atoms with Crippen LogP contribution >= 0.6 is 11.6 Å². The van der Waals surface area contributed by atoms with Gasteiger partial charge in [-0.2, -0.15) is 0 Å². The molecule has 0 radical (unpaired) electrons. The maximum Gasteiger partial charge on any atom is 0.252 e. The second-order valence-corrected chi connectivity index (χ2v) is 4.44. The Balaban J connectivity index is 2.44. The summed E-state index contributed by atoms with van der Waals surface area (Å²) in [4.78, 5) is 11.2. The number of rotatable bonds is 7. The summed E-state index contributed by atoms with van der Waals surface area (Å²) in [7, 11) is 0. The molecule has 0 fully saturated rings. The summed E-state index contributed by atoms with van der Waals surface area (Å²) in [5.41, 5.74) is 1.75. The number of hydrogen-bond acceptors (Lipinski definition) is 1. The number of halogens is 1. The Morgan fingerprint density at radius 3 is 2.50 bits per heavy atom. The van der Waals surface area contributed by atoms with Gasteiger partial charge in [-0.05, 0) is 36.1 Å². The SMILES string of the molecule is CCCCCCCc1ccccc1C(=O)Cl. The largest absolute Gasteiger partial charge is 0.276 e. The Morgan fingerprint density at radius 2 is 1.81 bits per heavy atom. The van der Waals surface area contributed by atoms with Gasteiger partial charge in [-0.15, -0.1) is 0 Å². The number of unbranched alkanes of at least 4 members (excludes halogenated alkanes) is 4. The minimum atomic E-state index is -0.343. The smallest absolute Gasteiger partial charge is 0.252 e. The van der Waals surface area contributed by atoms with Gasteiger partial charge in [0.2, 0.25) is 0 Å². The molecular formula is C14H19ClO. The van der Waals surface area contributed by atoms with Gasteiger partial charge in [0.15, 0.2) is 0 Å². The Kier molecular flexibility index (Phi) is 6.17. The van der Waals surface area contributed by atoms with Crippen molar-refractivity contribution in [3.8, 4) is 0 Å². The van der Waals surface area contributed by atoms with E-state index in [1.54, 1.807) is 6.07 Å². The van der Waals surface area contributed by atoms with Crippen LogP contribution in [0.3, 0.4) is 0 Å². The van der Waals surface area contributed by atoms with Gasteiger partial charge in [-0.1, -0.05) is 50.8 Å². The van der Waals surface area contributed by atoms with Crippen molar-refractivity contribution in [2.75, 3.05) is 0 Å². The second kappa shape index (κ2) is 7.45. The second-order valence-electron chi connectivity index (χ2n) is 4.10. The Labute approximate surface area is 103 Å². The van der Waals surface area contributed by atoms with Gasteiger partial charge in [0.05, 0.1) is 0 Å². The van der Waals surface area contributed by atoms with E-state index >= 15 is 0 Å². The van der Waals surface area contributed by atoms with Crippen molar-refractivity contribution in [3.05, 3.63) is 35.4 Å². The number of hydrogen-bond donors (Lipinski definition) is 0. The van der Waals surface area contributed by atoms with Gasteiger partial charge < -0.3 is 0 Å². The van der Waals surface area contributed by atoms with Crippen molar-refractivity contribution in [1.82, 2.24) is 0 Å². The molecule has 1 aromatic rings. The topological polar surface area (TPSA) is 17.1 Å². The highest BCUT2D eigenvalue weighted by Crippen LogP contribution is 2.15. The van der Waals surface area contributed by atoms with Crippen LogP contribution < -0.4 is 0 Å². The number of carbonyl (C=O) groups is 1. The van der Waals surface area contributed by atoms with Crippen LogP contribution in [0, 0.1) is 0 Å². The van der Waals surface area contributed by atoms with Crippen LogP contribution in [0.5, 0.6) is 0 Å². The first-order valence-electron chi connectivity index (χ1n) is 6.03. The lowest BCUT2D eigenvalue weighted by atomic mass is 10.0. The lowest BCUT2D eigenvalue weighted by molar-refractivity contribution is 0.108. The molecular weight excluding hydrogens is 220 g/mol.